The third kappa shape index (κ3) is 3.69. The summed E-state index contributed by atoms with van der Waals surface area (Å²) in [6, 6.07) is 14.6. The SMILES string of the molecule is Cc1ccc(O)cc1C12CCN(CC3CC3)C(C)C1(O)CCC1(C2)C(=O)NC(=O)N1Cc1ccccc1. The van der Waals surface area contributed by atoms with Gasteiger partial charge in [-0.3, -0.25) is 15.0 Å². The average molecular weight is 504 g/mol. The van der Waals surface area contributed by atoms with Crippen LogP contribution in [0.5, 0.6) is 5.75 Å². The second-order valence-corrected chi connectivity index (χ2v) is 11.9. The van der Waals surface area contributed by atoms with Crippen LogP contribution in [0.3, 0.4) is 0 Å². The van der Waals surface area contributed by atoms with Crippen LogP contribution in [-0.2, 0) is 16.8 Å². The first-order valence-corrected chi connectivity index (χ1v) is 13.6. The number of benzene rings is 2. The van der Waals surface area contributed by atoms with Gasteiger partial charge in [0.15, 0.2) is 0 Å². The zero-order valence-corrected chi connectivity index (χ0v) is 21.7. The quantitative estimate of drug-likeness (QED) is 0.539. The molecule has 2 aromatic carbocycles. The number of piperidine rings is 1. The molecule has 0 aromatic heterocycles. The molecular formula is C30H37N3O4. The predicted molar refractivity (Wildman–Crippen MR) is 140 cm³/mol. The van der Waals surface area contributed by atoms with Crippen molar-refractivity contribution in [1.29, 1.82) is 0 Å². The van der Waals surface area contributed by atoms with Gasteiger partial charge in [-0.2, -0.15) is 0 Å². The molecule has 196 valence electrons. The van der Waals surface area contributed by atoms with Crippen molar-refractivity contribution in [2.24, 2.45) is 5.92 Å². The first kappa shape index (κ1) is 24.4. The lowest BCUT2D eigenvalue weighted by Crippen LogP contribution is -2.73. The van der Waals surface area contributed by atoms with Gasteiger partial charge >= 0.3 is 6.03 Å². The van der Waals surface area contributed by atoms with Crippen molar-refractivity contribution in [3.8, 4) is 5.75 Å². The Bertz CT molecular complexity index is 1230. The molecule has 3 amide bonds. The maximum absolute atomic E-state index is 13.7. The topological polar surface area (TPSA) is 93.1 Å². The summed E-state index contributed by atoms with van der Waals surface area (Å²) in [5.41, 5.74) is -0.120. The highest BCUT2D eigenvalue weighted by Crippen LogP contribution is 2.59. The normalized spacial score (nSPS) is 34.0. The van der Waals surface area contributed by atoms with Crippen molar-refractivity contribution in [3.63, 3.8) is 0 Å². The van der Waals surface area contributed by atoms with Gasteiger partial charge in [-0.1, -0.05) is 36.4 Å². The minimum Gasteiger partial charge on any atom is -0.508 e. The van der Waals surface area contributed by atoms with Gasteiger partial charge in [-0.25, -0.2) is 4.79 Å². The van der Waals surface area contributed by atoms with Gasteiger partial charge < -0.3 is 15.1 Å². The number of carbonyl (C=O) groups is 2. The molecule has 2 saturated carbocycles. The molecule has 2 aromatic rings. The zero-order chi connectivity index (χ0) is 26.0. The summed E-state index contributed by atoms with van der Waals surface area (Å²) in [5.74, 6) is 0.578. The molecular weight excluding hydrogens is 466 g/mol. The number of rotatable bonds is 5. The number of hydrogen-bond donors (Lipinski definition) is 3. The van der Waals surface area contributed by atoms with E-state index in [2.05, 4.69) is 17.1 Å². The largest absolute Gasteiger partial charge is 0.508 e. The Hall–Kier alpha value is -2.90. The van der Waals surface area contributed by atoms with E-state index in [1.807, 2.05) is 43.3 Å². The van der Waals surface area contributed by atoms with E-state index in [-0.39, 0.29) is 23.7 Å². The van der Waals surface area contributed by atoms with Crippen LogP contribution in [0, 0.1) is 12.8 Å². The molecule has 4 atom stereocenters. The van der Waals surface area contributed by atoms with Crippen LogP contribution in [0.25, 0.3) is 0 Å². The number of likely N-dealkylation sites (tertiary alicyclic amines) is 1. The minimum absolute atomic E-state index is 0.108. The van der Waals surface area contributed by atoms with Crippen LogP contribution in [0.1, 0.15) is 62.1 Å². The summed E-state index contributed by atoms with van der Waals surface area (Å²) < 4.78 is 0. The fraction of sp³-hybridized carbons (Fsp3) is 0.533. The van der Waals surface area contributed by atoms with Gasteiger partial charge in [0.2, 0.25) is 0 Å². The molecule has 7 nitrogen and oxygen atoms in total. The third-order valence-electron chi connectivity index (χ3n) is 9.92. The molecule has 2 aliphatic heterocycles. The number of phenols is 1. The van der Waals surface area contributed by atoms with Gasteiger partial charge in [0, 0.05) is 24.5 Å². The molecule has 4 fully saturated rings. The maximum Gasteiger partial charge on any atom is 0.325 e. The van der Waals surface area contributed by atoms with Crippen molar-refractivity contribution in [1.82, 2.24) is 15.1 Å². The van der Waals surface area contributed by atoms with Crippen molar-refractivity contribution >= 4 is 11.9 Å². The van der Waals surface area contributed by atoms with Crippen molar-refractivity contribution in [2.75, 3.05) is 13.1 Å². The number of aromatic hydroxyl groups is 1. The first-order chi connectivity index (χ1) is 17.7. The van der Waals surface area contributed by atoms with Gasteiger partial charge in [0.1, 0.15) is 11.3 Å². The summed E-state index contributed by atoms with van der Waals surface area (Å²) in [7, 11) is 0. The lowest BCUT2D eigenvalue weighted by molar-refractivity contribution is -0.179. The Labute approximate surface area is 218 Å². The number of phenolic OH excluding ortho intramolecular Hbond substituents is 1. The number of carbonyl (C=O) groups excluding carboxylic acids is 2. The molecule has 2 aliphatic carbocycles. The average Bonchev–Trinajstić information content (AvgIpc) is 3.68. The molecule has 0 radical (unpaired) electrons. The monoisotopic (exact) mass is 503 g/mol. The van der Waals surface area contributed by atoms with Crippen molar-refractivity contribution in [3.05, 3.63) is 65.2 Å². The zero-order valence-electron chi connectivity index (χ0n) is 21.7. The Morgan fingerprint density at radius 2 is 1.81 bits per heavy atom. The molecule has 2 heterocycles. The number of nitrogens with zero attached hydrogens (tertiary/aromatic N) is 2. The molecule has 7 heteroatoms. The second-order valence-electron chi connectivity index (χ2n) is 11.9. The lowest BCUT2D eigenvalue weighted by Gasteiger charge is -2.63. The Morgan fingerprint density at radius 3 is 2.54 bits per heavy atom. The number of urea groups is 1. The molecule has 3 N–H and O–H groups in total. The van der Waals surface area contributed by atoms with E-state index in [4.69, 9.17) is 0 Å². The number of aliphatic hydroxyl groups is 1. The van der Waals surface area contributed by atoms with Crippen molar-refractivity contribution < 1.29 is 19.8 Å². The van der Waals surface area contributed by atoms with Gasteiger partial charge in [0.25, 0.3) is 5.91 Å². The van der Waals surface area contributed by atoms with E-state index in [0.29, 0.717) is 38.1 Å². The fourth-order valence-corrected chi connectivity index (χ4v) is 7.60. The van der Waals surface area contributed by atoms with E-state index in [1.54, 1.807) is 17.0 Å². The number of aryl methyl sites for hydroxylation is 1. The van der Waals surface area contributed by atoms with E-state index in [9.17, 15) is 19.8 Å². The lowest BCUT2D eigenvalue weighted by atomic mass is 9.49. The number of imide groups is 1. The highest BCUT2D eigenvalue weighted by atomic mass is 16.3. The minimum atomic E-state index is -1.10. The molecule has 4 unspecified atom stereocenters. The Kier molecular flexibility index (Phi) is 5.66. The third-order valence-corrected chi connectivity index (χ3v) is 9.92. The molecule has 37 heavy (non-hydrogen) atoms. The highest BCUT2D eigenvalue weighted by molar-refractivity contribution is 6.07. The van der Waals surface area contributed by atoms with Crippen LogP contribution < -0.4 is 5.32 Å². The van der Waals surface area contributed by atoms with Crippen LogP contribution >= 0.6 is 0 Å². The molecule has 0 bridgehead atoms. The molecule has 6 rings (SSSR count). The number of hydrogen-bond acceptors (Lipinski definition) is 5. The highest BCUT2D eigenvalue weighted by Gasteiger charge is 2.68. The standard InChI is InChI=1S/C30H37N3O4/c1-20-8-11-24(34)16-25(20)28-14-15-32(17-23-9-10-23)21(2)30(28,37)13-12-29(19-28)26(35)31-27(36)33(29)18-22-6-4-3-5-7-22/h3-8,11,16,21,23,34,37H,9-10,12-15,17-19H2,1-2H3,(H,31,35,36). The summed E-state index contributed by atoms with van der Waals surface area (Å²) in [6.45, 7) is 6.25. The summed E-state index contributed by atoms with van der Waals surface area (Å²) >= 11 is 0. The predicted octanol–water partition coefficient (Wildman–Crippen LogP) is 3.85. The van der Waals surface area contributed by atoms with Gasteiger partial charge in [0.05, 0.1) is 5.60 Å². The van der Waals surface area contributed by atoms with E-state index in [1.165, 1.54) is 12.8 Å². The summed E-state index contributed by atoms with van der Waals surface area (Å²) in [4.78, 5) is 31.0. The second kappa shape index (κ2) is 8.57. The van der Waals surface area contributed by atoms with Crippen LogP contribution in [-0.4, -0.2) is 62.2 Å². The van der Waals surface area contributed by atoms with E-state index < -0.39 is 16.6 Å². The number of amides is 3. The van der Waals surface area contributed by atoms with E-state index >= 15 is 0 Å². The Balaban J connectivity index is 1.46. The summed E-state index contributed by atoms with van der Waals surface area (Å²) in [6.07, 6.45) is 4.28. The fourth-order valence-electron chi connectivity index (χ4n) is 7.60. The van der Waals surface area contributed by atoms with Crippen LogP contribution in [0.15, 0.2) is 48.5 Å². The van der Waals surface area contributed by atoms with Crippen molar-refractivity contribution in [2.45, 2.75) is 81.5 Å². The van der Waals surface area contributed by atoms with Gasteiger partial charge in [-0.15, -0.1) is 0 Å². The van der Waals surface area contributed by atoms with Gasteiger partial charge in [-0.05, 0) is 93.7 Å². The smallest absolute Gasteiger partial charge is 0.325 e. The first-order valence-electron chi connectivity index (χ1n) is 13.6. The van der Waals surface area contributed by atoms with E-state index in [0.717, 1.165) is 29.8 Å². The Morgan fingerprint density at radius 1 is 1.05 bits per heavy atom. The molecule has 2 saturated heterocycles. The van der Waals surface area contributed by atoms with Crippen LogP contribution in [0.4, 0.5) is 4.79 Å². The molecule has 1 spiro atoms. The summed E-state index contributed by atoms with van der Waals surface area (Å²) in [5, 5.41) is 25.9. The maximum atomic E-state index is 13.7. The number of nitrogens with one attached hydrogen (secondary N) is 1. The van der Waals surface area contributed by atoms with Crippen LogP contribution in [0.2, 0.25) is 0 Å². The number of fused-ring (bicyclic) bond motifs is 1. The molecule has 4 aliphatic rings.